The van der Waals surface area contributed by atoms with Crippen LogP contribution >= 0.6 is 0 Å². The van der Waals surface area contributed by atoms with Gasteiger partial charge in [0.1, 0.15) is 0 Å². The Morgan fingerprint density at radius 1 is 1.12 bits per heavy atom. The highest BCUT2D eigenvalue weighted by Crippen LogP contribution is 2.26. The van der Waals surface area contributed by atoms with Crippen LogP contribution in [0.25, 0.3) is 0 Å². The summed E-state index contributed by atoms with van der Waals surface area (Å²) in [4.78, 5) is 0. The lowest BCUT2D eigenvalue weighted by molar-refractivity contribution is 0.348. The quantitative estimate of drug-likeness (QED) is 0.817. The molecule has 0 aliphatic rings. The van der Waals surface area contributed by atoms with Crippen molar-refractivity contribution < 1.29 is 0 Å². The van der Waals surface area contributed by atoms with Crippen molar-refractivity contribution in [3.8, 4) is 0 Å². The predicted octanol–water partition coefficient (Wildman–Crippen LogP) is 4.18. The zero-order chi connectivity index (χ0) is 11.9. The standard InChI is InChI=1S/C13H20.CH5N.CH4/c1-5-13(3,4)10-12-9-7-6-8-11(12)2;1-2;/h6-9H,5,10H2,1-4H3;2H2,1H3;1H4. The minimum atomic E-state index is 0. The number of hydrogen-bond acceptors (Lipinski definition) is 1. The highest BCUT2D eigenvalue weighted by molar-refractivity contribution is 5.26. The predicted molar refractivity (Wildman–Crippen MR) is 75.8 cm³/mol. The molecular weight excluding hydrogens is 194 g/mol. The van der Waals surface area contributed by atoms with E-state index in [1.807, 2.05) is 0 Å². The summed E-state index contributed by atoms with van der Waals surface area (Å²) in [6.07, 6.45) is 2.43. The Morgan fingerprint density at radius 3 is 2.06 bits per heavy atom. The summed E-state index contributed by atoms with van der Waals surface area (Å²) in [5, 5.41) is 0. The molecule has 0 radical (unpaired) electrons. The van der Waals surface area contributed by atoms with Gasteiger partial charge < -0.3 is 5.73 Å². The number of benzene rings is 1. The molecule has 1 aromatic rings. The number of hydrogen-bond donors (Lipinski definition) is 1. The summed E-state index contributed by atoms with van der Waals surface area (Å²) in [5.41, 5.74) is 7.85. The molecule has 0 spiro atoms. The van der Waals surface area contributed by atoms with Crippen molar-refractivity contribution in [1.29, 1.82) is 0 Å². The lowest BCUT2D eigenvalue weighted by Gasteiger charge is -2.23. The first-order valence-corrected chi connectivity index (χ1v) is 5.67. The molecule has 0 saturated carbocycles. The maximum absolute atomic E-state index is 4.50. The van der Waals surface area contributed by atoms with Crippen LogP contribution in [-0.2, 0) is 6.42 Å². The smallest absolute Gasteiger partial charge is 0.0195 e. The van der Waals surface area contributed by atoms with Crippen LogP contribution in [0.1, 0.15) is 45.7 Å². The van der Waals surface area contributed by atoms with Gasteiger partial charge in [-0.2, -0.15) is 0 Å². The van der Waals surface area contributed by atoms with Gasteiger partial charge in [0.25, 0.3) is 0 Å². The van der Waals surface area contributed by atoms with Crippen LogP contribution in [0.15, 0.2) is 24.3 Å². The Kier molecular flexibility index (Phi) is 9.17. The molecule has 0 saturated heterocycles. The van der Waals surface area contributed by atoms with Gasteiger partial charge in [-0.15, -0.1) is 0 Å². The monoisotopic (exact) mass is 223 g/mol. The Bertz CT molecular complexity index is 277. The van der Waals surface area contributed by atoms with E-state index in [0.717, 1.165) is 0 Å². The van der Waals surface area contributed by atoms with Crippen molar-refractivity contribution in [3.05, 3.63) is 35.4 Å². The summed E-state index contributed by atoms with van der Waals surface area (Å²) in [6.45, 7) is 9.12. The van der Waals surface area contributed by atoms with Crippen molar-refractivity contribution in [2.24, 2.45) is 11.1 Å². The van der Waals surface area contributed by atoms with Gasteiger partial charge in [-0.1, -0.05) is 58.9 Å². The zero-order valence-electron chi connectivity index (χ0n) is 10.8. The van der Waals surface area contributed by atoms with E-state index in [4.69, 9.17) is 0 Å². The average Bonchev–Trinajstić information content (AvgIpc) is 2.24. The van der Waals surface area contributed by atoms with Crippen LogP contribution in [-0.4, -0.2) is 7.05 Å². The van der Waals surface area contributed by atoms with Crippen molar-refractivity contribution in [3.63, 3.8) is 0 Å². The Hall–Kier alpha value is -0.820. The fraction of sp³-hybridized carbons (Fsp3) is 0.600. The van der Waals surface area contributed by atoms with E-state index in [0.29, 0.717) is 5.41 Å². The van der Waals surface area contributed by atoms with E-state index in [1.165, 1.54) is 31.0 Å². The third kappa shape index (κ3) is 5.92. The molecule has 0 atom stereocenters. The Labute approximate surface area is 102 Å². The van der Waals surface area contributed by atoms with Crippen molar-refractivity contribution in [1.82, 2.24) is 0 Å². The van der Waals surface area contributed by atoms with Crippen molar-refractivity contribution >= 4 is 0 Å². The van der Waals surface area contributed by atoms with E-state index in [1.54, 1.807) is 0 Å². The maximum atomic E-state index is 4.50. The van der Waals surface area contributed by atoms with E-state index in [9.17, 15) is 0 Å². The van der Waals surface area contributed by atoms with Crippen LogP contribution in [0.4, 0.5) is 0 Å². The summed E-state index contributed by atoms with van der Waals surface area (Å²) in [7, 11) is 1.50. The first-order valence-electron chi connectivity index (χ1n) is 5.67. The molecule has 0 aliphatic carbocycles. The number of nitrogens with two attached hydrogens (primary N) is 1. The first kappa shape index (κ1) is 17.6. The molecule has 0 unspecified atom stereocenters. The zero-order valence-corrected chi connectivity index (χ0v) is 10.8. The van der Waals surface area contributed by atoms with Crippen LogP contribution in [0.5, 0.6) is 0 Å². The average molecular weight is 223 g/mol. The molecule has 1 nitrogen and oxygen atoms in total. The normalized spacial score (nSPS) is 9.88. The second-order valence-electron chi connectivity index (χ2n) is 4.62. The Balaban J connectivity index is 0. The molecular formula is C15H29N. The van der Waals surface area contributed by atoms with Crippen LogP contribution in [0.3, 0.4) is 0 Å². The SMILES string of the molecule is C.CCC(C)(C)Cc1ccccc1C.CN. The minimum absolute atomic E-state index is 0. The molecule has 1 rings (SSSR count). The van der Waals surface area contributed by atoms with Crippen LogP contribution in [0.2, 0.25) is 0 Å². The highest BCUT2D eigenvalue weighted by atomic mass is 14.4. The molecule has 0 aromatic heterocycles. The molecule has 0 bridgehead atoms. The van der Waals surface area contributed by atoms with Crippen molar-refractivity contribution in [2.75, 3.05) is 7.05 Å². The lowest BCUT2D eigenvalue weighted by Crippen LogP contribution is -2.13. The largest absolute Gasteiger partial charge is 0.333 e. The fourth-order valence-corrected chi connectivity index (χ4v) is 1.45. The number of rotatable bonds is 3. The summed E-state index contributed by atoms with van der Waals surface area (Å²) >= 11 is 0. The third-order valence-corrected chi connectivity index (χ3v) is 2.89. The summed E-state index contributed by atoms with van der Waals surface area (Å²) < 4.78 is 0. The second kappa shape index (κ2) is 8.35. The first-order chi connectivity index (χ1) is 7.05. The van der Waals surface area contributed by atoms with Crippen LogP contribution < -0.4 is 5.73 Å². The molecule has 0 amide bonds. The molecule has 16 heavy (non-hydrogen) atoms. The van der Waals surface area contributed by atoms with Gasteiger partial charge >= 0.3 is 0 Å². The van der Waals surface area contributed by atoms with Gasteiger partial charge in [0.2, 0.25) is 0 Å². The summed E-state index contributed by atoms with van der Waals surface area (Å²) in [5.74, 6) is 0. The van der Waals surface area contributed by atoms with Gasteiger partial charge in [0.05, 0.1) is 0 Å². The second-order valence-corrected chi connectivity index (χ2v) is 4.62. The van der Waals surface area contributed by atoms with Gasteiger partial charge in [-0.3, -0.25) is 0 Å². The minimum Gasteiger partial charge on any atom is -0.333 e. The molecule has 0 heterocycles. The summed E-state index contributed by atoms with van der Waals surface area (Å²) in [6, 6.07) is 8.68. The van der Waals surface area contributed by atoms with Crippen molar-refractivity contribution in [2.45, 2.75) is 48.0 Å². The molecule has 1 aromatic carbocycles. The van der Waals surface area contributed by atoms with Gasteiger partial charge in [-0.25, -0.2) is 0 Å². The molecule has 2 N–H and O–H groups in total. The van der Waals surface area contributed by atoms with E-state index in [-0.39, 0.29) is 7.43 Å². The highest BCUT2D eigenvalue weighted by Gasteiger charge is 2.16. The lowest BCUT2D eigenvalue weighted by atomic mass is 9.82. The molecule has 0 aliphatic heterocycles. The fourth-order valence-electron chi connectivity index (χ4n) is 1.45. The molecule has 1 heteroatoms. The van der Waals surface area contributed by atoms with E-state index in [2.05, 4.69) is 57.7 Å². The number of aryl methyl sites for hydroxylation is 1. The topological polar surface area (TPSA) is 26.0 Å². The van der Waals surface area contributed by atoms with Gasteiger partial charge in [0, 0.05) is 0 Å². The molecule has 94 valence electrons. The van der Waals surface area contributed by atoms with Gasteiger partial charge in [-0.05, 0) is 36.9 Å². The van der Waals surface area contributed by atoms with Crippen LogP contribution in [0, 0.1) is 12.3 Å². The third-order valence-electron chi connectivity index (χ3n) is 2.89. The maximum Gasteiger partial charge on any atom is -0.0195 e. The van der Waals surface area contributed by atoms with E-state index < -0.39 is 0 Å². The molecule has 0 fully saturated rings. The van der Waals surface area contributed by atoms with E-state index >= 15 is 0 Å². The Morgan fingerprint density at radius 2 is 1.62 bits per heavy atom. The van der Waals surface area contributed by atoms with Gasteiger partial charge in [0.15, 0.2) is 0 Å².